The van der Waals surface area contributed by atoms with E-state index in [1.165, 1.54) is 15.2 Å². The highest BCUT2D eigenvalue weighted by Crippen LogP contribution is 2.25. The lowest BCUT2D eigenvalue weighted by atomic mass is 10.0. The van der Waals surface area contributed by atoms with Crippen LogP contribution in [-0.2, 0) is 26.6 Å². The van der Waals surface area contributed by atoms with Crippen LogP contribution in [0.15, 0.2) is 11.1 Å². The lowest BCUT2D eigenvalue weighted by Crippen LogP contribution is -2.42. The molecule has 21 heavy (non-hydrogen) atoms. The molecule has 1 aromatic rings. The zero-order chi connectivity index (χ0) is 15.6. The molecule has 0 aromatic carbocycles. The van der Waals surface area contributed by atoms with Gasteiger partial charge in [-0.1, -0.05) is 0 Å². The summed E-state index contributed by atoms with van der Waals surface area (Å²) >= 11 is 0. The van der Waals surface area contributed by atoms with Gasteiger partial charge in [0.2, 0.25) is 10.0 Å². The fraction of sp³-hybridized carbons (Fsp3) is 0.692. The van der Waals surface area contributed by atoms with E-state index in [2.05, 4.69) is 5.10 Å². The zero-order valence-electron chi connectivity index (χ0n) is 12.6. The molecular formula is C13H21N3O4S. The van der Waals surface area contributed by atoms with Crippen molar-refractivity contribution in [2.45, 2.75) is 31.6 Å². The number of piperidine rings is 1. The Labute approximate surface area is 124 Å². The second-order valence-corrected chi connectivity index (χ2v) is 7.11. The van der Waals surface area contributed by atoms with Gasteiger partial charge in [-0.05, 0) is 26.7 Å². The van der Waals surface area contributed by atoms with Crippen LogP contribution in [0.1, 0.15) is 25.5 Å². The van der Waals surface area contributed by atoms with E-state index in [4.69, 9.17) is 4.74 Å². The van der Waals surface area contributed by atoms with E-state index in [9.17, 15) is 13.2 Å². The summed E-state index contributed by atoms with van der Waals surface area (Å²) in [5.74, 6) is -0.703. The summed E-state index contributed by atoms with van der Waals surface area (Å²) in [5, 5.41) is 4.07. The van der Waals surface area contributed by atoms with E-state index in [0.29, 0.717) is 31.7 Å². The fourth-order valence-corrected chi connectivity index (χ4v) is 4.31. The maximum atomic E-state index is 12.7. The van der Waals surface area contributed by atoms with Gasteiger partial charge in [0.05, 0.1) is 18.2 Å². The molecule has 2 rings (SSSR count). The predicted molar refractivity (Wildman–Crippen MR) is 76.1 cm³/mol. The molecule has 8 heteroatoms. The molecule has 1 aromatic heterocycles. The molecule has 0 aliphatic carbocycles. The Balaban J connectivity index is 2.20. The first kappa shape index (κ1) is 16.0. The number of hydrogen-bond acceptors (Lipinski definition) is 5. The van der Waals surface area contributed by atoms with Crippen LogP contribution in [0.3, 0.4) is 0 Å². The smallest absolute Gasteiger partial charge is 0.310 e. The fourth-order valence-electron chi connectivity index (χ4n) is 2.58. The summed E-state index contributed by atoms with van der Waals surface area (Å²) in [6.07, 6.45) is 2.82. The van der Waals surface area contributed by atoms with Gasteiger partial charge in [0.1, 0.15) is 4.90 Å². The maximum Gasteiger partial charge on any atom is 0.310 e. The molecule has 1 fully saturated rings. The van der Waals surface area contributed by atoms with Gasteiger partial charge in [-0.15, -0.1) is 0 Å². The number of ether oxygens (including phenoxy) is 1. The van der Waals surface area contributed by atoms with Crippen LogP contribution in [0.2, 0.25) is 0 Å². The average Bonchev–Trinajstić information content (AvgIpc) is 2.79. The number of rotatable bonds is 4. The topological polar surface area (TPSA) is 81.5 Å². The van der Waals surface area contributed by atoms with Gasteiger partial charge in [-0.25, -0.2) is 8.42 Å². The molecule has 0 radical (unpaired) electrons. The van der Waals surface area contributed by atoms with E-state index in [1.54, 1.807) is 20.9 Å². The lowest BCUT2D eigenvalue weighted by Gasteiger charge is -2.30. The molecule has 0 unspecified atom stereocenters. The van der Waals surface area contributed by atoms with Crippen molar-refractivity contribution in [3.05, 3.63) is 11.9 Å². The van der Waals surface area contributed by atoms with Crippen molar-refractivity contribution in [1.29, 1.82) is 0 Å². The van der Waals surface area contributed by atoms with Crippen LogP contribution in [-0.4, -0.2) is 48.2 Å². The summed E-state index contributed by atoms with van der Waals surface area (Å²) in [6, 6.07) is 0. The van der Waals surface area contributed by atoms with Crippen molar-refractivity contribution in [3.8, 4) is 0 Å². The molecule has 0 saturated carbocycles. The minimum Gasteiger partial charge on any atom is -0.466 e. The van der Waals surface area contributed by atoms with Gasteiger partial charge < -0.3 is 4.74 Å². The summed E-state index contributed by atoms with van der Waals surface area (Å²) in [7, 11) is -1.93. The number of aryl methyl sites for hydroxylation is 2. The van der Waals surface area contributed by atoms with Crippen LogP contribution in [0.4, 0.5) is 0 Å². The van der Waals surface area contributed by atoms with E-state index in [1.807, 2.05) is 0 Å². The van der Waals surface area contributed by atoms with Gasteiger partial charge in [0.25, 0.3) is 0 Å². The third-order valence-electron chi connectivity index (χ3n) is 3.59. The van der Waals surface area contributed by atoms with Crippen molar-refractivity contribution in [2.24, 2.45) is 13.0 Å². The Kier molecular flexibility index (Phi) is 4.67. The van der Waals surface area contributed by atoms with E-state index in [-0.39, 0.29) is 23.3 Å². The van der Waals surface area contributed by atoms with Crippen LogP contribution >= 0.6 is 0 Å². The van der Waals surface area contributed by atoms with Crippen LogP contribution in [0.5, 0.6) is 0 Å². The van der Waals surface area contributed by atoms with Crippen LogP contribution in [0, 0.1) is 12.8 Å². The van der Waals surface area contributed by atoms with E-state index < -0.39 is 10.0 Å². The molecule has 118 valence electrons. The van der Waals surface area contributed by atoms with E-state index >= 15 is 0 Å². The molecule has 2 heterocycles. The van der Waals surface area contributed by atoms with Gasteiger partial charge in [-0.3, -0.25) is 9.48 Å². The van der Waals surface area contributed by atoms with Gasteiger partial charge >= 0.3 is 5.97 Å². The Morgan fingerprint density at radius 2 is 2.24 bits per heavy atom. The quantitative estimate of drug-likeness (QED) is 0.764. The first-order chi connectivity index (χ1) is 9.86. The van der Waals surface area contributed by atoms with Crippen molar-refractivity contribution in [1.82, 2.24) is 14.1 Å². The molecule has 0 amide bonds. The molecular weight excluding hydrogens is 294 g/mol. The number of carbonyl (C=O) groups is 1. The first-order valence-corrected chi connectivity index (χ1v) is 8.47. The Morgan fingerprint density at radius 1 is 1.52 bits per heavy atom. The third-order valence-corrected chi connectivity index (χ3v) is 5.56. The molecule has 1 aliphatic rings. The van der Waals surface area contributed by atoms with Crippen molar-refractivity contribution >= 4 is 16.0 Å². The third kappa shape index (κ3) is 3.26. The number of carbonyl (C=O) groups excluding carboxylic acids is 1. The number of nitrogens with zero attached hydrogens (tertiary/aromatic N) is 3. The minimum atomic E-state index is -3.61. The first-order valence-electron chi connectivity index (χ1n) is 7.03. The largest absolute Gasteiger partial charge is 0.466 e. The molecule has 1 atom stereocenters. The highest BCUT2D eigenvalue weighted by molar-refractivity contribution is 7.89. The van der Waals surface area contributed by atoms with Crippen molar-refractivity contribution < 1.29 is 17.9 Å². The Hall–Kier alpha value is -1.41. The number of sulfonamides is 1. The second-order valence-electron chi connectivity index (χ2n) is 5.21. The number of hydrogen-bond donors (Lipinski definition) is 0. The zero-order valence-corrected chi connectivity index (χ0v) is 13.4. The molecule has 0 spiro atoms. The minimum absolute atomic E-state index is 0.176. The Bertz CT molecular complexity index is 623. The molecule has 1 saturated heterocycles. The number of aromatic nitrogens is 2. The van der Waals surface area contributed by atoms with Gasteiger partial charge in [0.15, 0.2) is 0 Å². The van der Waals surface area contributed by atoms with Crippen molar-refractivity contribution in [3.63, 3.8) is 0 Å². The summed E-state index contributed by atoms with van der Waals surface area (Å²) < 4.78 is 33.2. The van der Waals surface area contributed by atoms with E-state index in [0.717, 1.165) is 0 Å². The normalized spacial score (nSPS) is 20.4. The summed E-state index contributed by atoms with van der Waals surface area (Å²) in [5.41, 5.74) is 0.468. The summed E-state index contributed by atoms with van der Waals surface area (Å²) in [4.78, 5) is 12.0. The SMILES string of the molecule is CCOC(=O)[C@H]1CCCN(S(=O)(=O)c2cn(C)nc2C)C1. The van der Waals surface area contributed by atoms with Crippen molar-refractivity contribution in [2.75, 3.05) is 19.7 Å². The van der Waals surface area contributed by atoms with Crippen LogP contribution < -0.4 is 0 Å². The second kappa shape index (κ2) is 6.15. The molecule has 7 nitrogen and oxygen atoms in total. The van der Waals surface area contributed by atoms with Crippen LogP contribution in [0.25, 0.3) is 0 Å². The molecule has 1 aliphatic heterocycles. The Morgan fingerprint density at radius 3 is 2.81 bits per heavy atom. The predicted octanol–water partition coefficient (Wildman–Crippen LogP) is 0.692. The lowest BCUT2D eigenvalue weighted by molar-refractivity contribution is -0.149. The highest BCUT2D eigenvalue weighted by Gasteiger charge is 2.35. The number of esters is 1. The van der Waals surface area contributed by atoms with Gasteiger partial charge in [-0.2, -0.15) is 9.40 Å². The molecule has 0 N–H and O–H groups in total. The molecule has 0 bridgehead atoms. The monoisotopic (exact) mass is 315 g/mol. The maximum absolute atomic E-state index is 12.7. The van der Waals surface area contributed by atoms with Gasteiger partial charge in [0, 0.05) is 26.3 Å². The highest BCUT2D eigenvalue weighted by atomic mass is 32.2. The average molecular weight is 315 g/mol. The summed E-state index contributed by atoms with van der Waals surface area (Å²) in [6.45, 7) is 4.32. The standard InChI is InChI=1S/C13H21N3O4S/c1-4-20-13(17)11-6-5-7-16(8-11)21(18,19)12-9-15(3)14-10(12)2/h9,11H,4-8H2,1-3H3/t11-/m0/s1.